The molecule has 0 aromatic heterocycles. The van der Waals surface area contributed by atoms with E-state index in [0.717, 1.165) is 0 Å². The molecular formula is C14H12ClF2NO. The Morgan fingerprint density at radius 3 is 2.53 bits per heavy atom. The van der Waals surface area contributed by atoms with Crippen molar-refractivity contribution in [2.45, 2.75) is 13.0 Å². The van der Waals surface area contributed by atoms with Crippen molar-refractivity contribution < 1.29 is 13.5 Å². The lowest BCUT2D eigenvalue weighted by atomic mass is 10.1. The van der Waals surface area contributed by atoms with Gasteiger partial charge in [-0.25, -0.2) is 8.78 Å². The number of rotatable bonds is 3. The van der Waals surface area contributed by atoms with E-state index in [1.54, 1.807) is 13.0 Å². The quantitative estimate of drug-likeness (QED) is 0.904. The van der Waals surface area contributed by atoms with E-state index in [9.17, 15) is 8.78 Å². The van der Waals surface area contributed by atoms with E-state index in [-0.39, 0.29) is 16.3 Å². The van der Waals surface area contributed by atoms with E-state index >= 15 is 0 Å². The Kier molecular flexibility index (Phi) is 4.02. The molecule has 0 aliphatic heterocycles. The number of ether oxygens (including phenoxy) is 1. The van der Waals surface area contributed by atoms with Crippen LogP contribution in [0.4, 0.5) is 8.78 Å². The van der Waals surface area contributed by atoms with Crippen LogP contribution in [0.5, 0.6) is 11.5 Å². The van der Waals surface area contributed by atoms with Crippen molar-refractivity contribution in [1.82, 2.24) is 0 Å². The van der Waals surface area contributed by atoms with E-state index < -0.39 is 17.7 Å². The summed E-state index contributed by atoms with van der Waals surface area (Å²) in [5.74, 6) is -0.377. The topological polar surface area (TPSA) is 35.2 Å². The monoisotopic (exact) mass is 283 g/mol. The fourth-order valence-electron chi connectivity index (χ4n) is 1.72. The normalized spacial score (nSPS) is 12.3. The average molecular weight is 284 g/mol. The highest BCUT2D eigenvalue weighted by Crippen LogP contribution is 2.32. The summed E-state index contributed by atoms with van der Waals surface area (Å²) in [5, 5.41) is -0.0590. The Morgan fingerprint density at radius 1 is 1.16 bits per heavy atom. The van der Waals surface area contributed by atoms with Gasteiger partial charge in [-0.1, -0.05) is 17.7 Å². The van der Waals surface area contributed by atoms with Crippen molar-refractivity contribution in [2.75, 3.05) is 0 Å². The molecule has 0 unspecified atom stereocenters. The molecule has 0 radical (unpaired) electrons. The lowest BCUT2D eigenvalue weighted by Crippen LogP contribution is -2.09. The molecule has 5 heteroatoms. The fraction of sp³-hybridized carbons (Fsp3) is 0.143. The van der Waals surface area contributed by atoms with E-state index in [0.29, 0.717) is 5.75 Å². The van der Waals surface area contributed by atoms with Gasteiger partial charge in [-0.2, -0.15) is 0 Å². The maximum atomic E-state index is 13.7. The molecule has 0 heterocycles. The minimum Gasteiger partial charge on any atom is -0.457 e. The molecular weight excluding hydrogens is 272 g/mol. The van der Waals surface area contributed by atoms with Crippen LogP contribution in [0.2, 0.25) is 5.02 Å². The molecule has 2 rings (SSSR count). The Hall–Kier alpha value is -1.65. The molecule has 0 aliphatic carbocycles. The second-order valence-corrected chi connectivity index (χ2v) is 4.53. The van der Waals surface area contributed by atoms with Crippen molar-refractivity contribution in [3.05, 3.63) is 58.6 Å². The molecule has 0 amide bonds. The molecule has 2 aromatic rings. The van der Waals surface area contributed by atoms with Crippen molar-refractivity contribution in [3.8, 4) is 11.5 Å². The summed E-state index contributed by atoms with van der Waals surface area (Å²) in [6, 6.07) is 7.82. The first-order valence-electron chi connectivity index (χ1n) is 5.66. The second-order valence-electron chi connectivity index (χ2n) is 4.12. The SMILES string of the molecule is C[C@@H](N)c1c(F)cccc1Oc1ccc(F)c(Cl)c1. The summed E-state index contributed by atoms with van der Waals surface area (Å²) >= 11 is 5.66. The van der Waals surface area contributed by atoms with Gasteiger partial charge in [0.05, 0.1) is 5.02 Å². The zero-order valence-corrected chi connectivity index (χ0v) is 10.9. The maximum absolute atomic E-state index is 13.7. The van der Waals surface area contributed by atoms with Crippen LogP contribution in [0.3, 0.4) is 0 Å². The van der Waals surface area contributed by atoms with Crippen LogP contribution in [0.15, 0.2) is 36.4 Å². The van der Waals surface area contributed by atoms with Crippen molar-refractivity contribution in [3.63, 3.8) is 0 Å². The number of halogens is 3. The predicted molar refractivity (Wildman–Crippen MR) is 70.5 cm³/mol. The molecule has 0 aliphatic rings. The molecule has 100 valence electrons. The van der Waals surface area contributed by atoms with Gasteiger partial charge >= 0.3 is 0 Å². The molecule has 0 bridgehead atoms. The molecule has 0 saturated carbocycles. The number of benzene rings is 2. The van der Waals surface area contributed by atoms with Gasteiger partial charge in [0, 0.05) is 17.7 Å². The van der Waals surface area contributed by atoms with Gasteiger partial charge < -0.3 is 10.5 Å². The Bertz CT molecular complexity index is 602. The highest BCUT2D eigenvalue weighted by atomic mass is 35.5. The first-order chi connectivity index (χ1) is 8.99. The second kappa shape index (κ2) is 5.55. The first-order valence-corrected chi connectivity index (χ1v) is 6.03. The van der Waals surface area contributed by atoms with E-state index in [1.165, 1.54) is 30.3 Å². The molecule has 0 spiro atoms. The van der Waals surface area contributed by atoms with Crippen molar-refractivity contribution in [2.24, 2.45) is 5.73 Å². The van der Waals surface area contributed by atoms with Crippen LogP contribution >= 0.6 is 11.6 Å². The summed E-state index contributed by atoms with van der Waals surface area (Å²) in [5.41, 5.74) is 5.98. The molecule has 2 nitrogen and oxygen atoms in total. The smallest absolute Gasteiger partial charge is 0.142 e. The minimum atomic E-state index is -0.541. The largest absolute Gasteiger partial charge is 0.457 e. The molecule has 2 aromatic carbocycles. The van der Waals surface area contributed by atoms with E-state index in [2.05, 4.69) is 0 Å². The van der Waals surface area contributed by atoms with Gasteiger partial charge in [0.25, 0.3) is 0 Å². The standard InChI is InChI=1S/C14H12ClF2NO/c1-8(18)14-12(17)3-2-4-13(14)19-9-5-6-11(16)10(15)7-9/h2-8H,18H2,1H3/t8-/m1/s1. The number of hydrogen-bond acceptors (Lipinski definition) is 2. The lowest BCUT2D eigenvalue weighted by Gasteiger charge is -2.14. The maximum Gasteiger partial charge on any atom is 0.142 e. The van der Waals surface area contributed by atoms with Gasteiger partial charge in [0.2, 0.25) is 0 Å². The Balaban J connectivity index is 2.38. The third-order valence-electron chi connectivity index (χ3n) is 2.59. The minimum absolute atomic E-state index is 0.0590. The lowest BCUT2D eigenvalue weighted by molar-refractivity contribution is 0.459. The van der Waals surface area contributed by atoms with Gasteiger partial charge in [0.1, 0.15) is 23.1 Å². The van der Waals surface area contributed by atoms with Crippen LogP contribution in [0.25, 0.3) is 0 Å². The third-order valence-corrected chi connectivity index (χ3v) is 2.88. The predicted octanol–water partition coefficient (Wildman–Crippen LogP) is 4.43. The number of hydrogen-bond donors (Lipinski definition) is 1. The van der Waals surface area contributed by atoms with Gasteiger partial charge in [0.15, 0.2) is 0 Å². The zero-order chi connectivity index (χ0) is 14.0. The van der Waals surface area contributed by atoms with E-state index in [4.69, 9.17) is 22.1 Å². The summed E-state index contributed by atoms with van der Waals surface area (Å²) in [4.78, 5) is 0. The van der Waals surface area contributed by atoms with Crippen LogP contribution < -0.4 is 10.5 Å². The highest BCUT2D eigenvalue weighted by Gasteiger charge is 2.14. The number of nitrogens with two attached hydrogens (primary N) is 1. The summed E-state index contributed by atoms with van der Waals surface area (Å²) in [6.07, 6.45) is 0. The van der Waals surface area contributed by atoms with E-state index in [1.807, 2.05) is 0 Å². The zero-order valence-electron chi connectivity index (χ0n) is 10.2. The third kappa shape index (κ3) is 3.03. The van der Waals surface area contributed by atoms with Crippen LogP contribution in [-0.4, -0.2) is 0 Å². The Morgan fingerprint density at radius 2 is 1.89 bits per heavy atom. The first kappa shape index (κ1) is 13.8. The summed E-state index contributed by atoms with van der Waals surface area (Å²) < 4.78 is 32.3. The fourth-order valence-corrected chi connectivity index (χ4v) is 1.89. The molecule has 0 saturated heterocycles. The summed E-state index contributed by atoms with van der Waals surface area (Å²) in [7, 11) is 0. The summed E-state index contributed by atoms with van der Waals surface area (Å²) in [6.45, 7) is 1.66. The molecule has 0 fully saturated rings. The molecule has 19 heavy (non-hydrogen) atoms. The van der Waals surface area contributed by atoms with Gasteiger partial charge in [-0.15, -0.1) is 0 Å². The van der Waals surface area contributed by atoms with Crippen molar-refractivity contribution in [1.29, 1.82) is 0 Å². The van der Waals surface area contributed by atoms with Crippen LogP contribution in [-0.2, 0) is 0 Å². The highest BCUT2D eigenvalue weighted by molar-refractivity contribution is 6.30. The average Bonchev–Trinajstić information content (AvgIpc) is 2.33. The Labute approximate surface area is 114 Å². The molecule has 2 N–H and O–H groups in total. The van der Waals surface area contributed by atoms with Crippen LogP contribution in [0, 0.1) is 11.6 Å². The van der Waals surface area contributed by atoms with Gasteiger partial charge in [-0.05, 0) is 31.2 Å². The van der Waals surface area contributed by atoms with Crippen LogP contribution in [0.1, 0.15) is 18.5 Å². The van der Waals surface area contributed by atoms with Crippen molar-refractivity contribution >= 4 is 11.6 Å². The molecule has 1 atom stereocenters. The van der Waals surface area contributed by atoms with Gasteiger partial charge in [-0.3, -0.25) is 0 Å².